The highest BCUT2D eigenvalue weighted by molar-refractivity contribution is 7.18. The highest BCUT2D eigenvalue weighted by Gasteiger charge is 2.38. The van der Waals surface area contributed by atoms with Gasteiger partial charge in [-0.05, 0) is 29.8 Å². The van der Waals surface area contributed by atoms with Gasteiger partial charge in [0.25, 0.3) is 0 Å². The van der Waals surface area contributed by atoms with Gasteiger partial charge in [0, 0.05) is 21.8 Å². The van der Waals surface area contributed by atoms with Crippen LogP contribution in [0.1, 0.15) is 11.3 Å². The molecule has 0 radical (unpaired) electrons. The van der Waals surface area contributed by atoms with Crippen molar-refractivity contribution in [1.82, 2.24) is 4.98 Å². The van der Waals surface area contributed by atoms with Gasteiger partial charge in [-0.1, -0.05) is 64.3 Å². The minimum Gasteiger partial charge on any atom is -0.227 e. The van der Waals surface area contributed by atoms with E-state index in [9.17, 15) is 13.2 Å². The van der Waals surface area contributed by atoms with Gasteiger partial charge in [0.15, 0.2) is 5.69 Å². The second-order valence-corrected chi connectivity index (χ2v) is 7.36. The van der Waals surface area contributed by atoms with Gasteiger partial charge >= 0.3 is 6.18 Å². The van der Waals surface area contributed by atoms with Gasteiger partial charge in [0.05, 0.1) is 9.90 Å². The molecule has 1 aromatic heterocycles. The summed E-state index contributed by atoms with van der Waals surface area (Å²) >= 11 is 18.5. The van der Waals surface area contributed by atoms with Crippen molar-refractivity contribution in [2.45, 2.75) is 6.18 Å². The van der Waals surface area contributed by atoms with E-state index in [0.717, 1.165) is 11.3 Å². The predicted molar refractivity (Wildman–Crippen MR) is 101 cm³/mol. The van der Waals surface area contributed by atoms with Crippen LogP contribution >= 0.6 is 46.1 Å². The first kappa shape index (κ1) is 19.2. The lowest BCUT2D eigenvalue weighted by molar-refractivity contribution is -0.140. The lowest BCUT2D eigenvalue weighted by Gasteiger charge is -2.05. The smallest absolute Gasteiger partial charge is 0.227 e. The van der Waals surface area contributed by atoms with E-state index in [4.69, 9.17) is 34.8 Å². The van der Waals surface area contributed by atoms with Crippen LogP contribution in [0.15, 0.2) is 47.5 Å². The second-order valence-electron chi connectivity index (χ2n) is 5.10. The number of hydrogen-bond donors (Lipinski definition) is 0. The lowest BCUT2D eigenvalue weighted by atomic mass is 10.1. The number of halogens is 6. The van der Waals surface area contributed by atoms with Crippen LogP contribution in [0.2, 0.25) is 15.1 Å². The Morgan fingerprint density at radius 2 is 1.62 bits per heavy atom. The fourth-order valence-corrected chi connectivity index (χ4v) is 3.60. The summed E-state index contributed by atoms with van der Waals surface area (Å²) < 4.78 is 40.0. The molecule has 2 nitrogen and oxygen atoms in total. The Kier molecular flexibility index (Phi) is 5.58. The Bertz CT molecular complexity index is 966. The molecule has 0 aliphatic rings. The highest BCUT2D eigenvalue weighted by atomic mass is 35.5. The zero-order valence-corrected chi connectivity index (χ0v) is 15.8. The molecule has 3 aromatic rings. The molecule has 0 spiro atoms. The Balaban J connectivity index is 2.01. The van der Waals surface area contributed by atoms with Crippen molar-refractivity contribution in [3.8, 4) is 10.4 Å². The predicted octanol–water partition coefficient (Wildman–Crippen LogP) is 7.54. The third-order valence-electron chi connectivity index (χ3n) is 3.27. The molecule has 0 amide bonds. The molecule has 0 saturated carbocycles. The minimum absolute atomic E-state index is 0.0245. The fraction of sp³-hybridized carbons (Fsp3) is 0.0588. The number of rotatable bonds is 3. The summed E-state index contributed by atoms with van der Waals surface area (Å²) in [5.41, 5.74) is -0.0998. The molecule has 0 aliphatic carbocycles. The van der Waals surface area contributed by atoms with Crippen LogP contribution in [0.3, 0.4) is 0 Å². The van der Waals surface area contributed by atoms with Crippen LogP contribution in [0.4, 0.5) is 18.3 Å². The molecule has 0 saturated heterocycles. The van der Waals surface area contributed by atoms with E-state index < -0.39 is 11.9 Å². The van der Waals surface area contributed by atoms with Crippen LogP contribution < -0.4 is 0 Å². The maximum absolute atomic E-state index is 13.3. The Morgan fingerprint density at radius 1 is 0.962 bits per heavy atom. The normalized spacial score (nSPS) is 12.1. The fourth-order valence-electron chi connectivity index (χ4n) is 2.08. The SMILES string of the molecule is FC(F)(F)c1nc(N=Cc2ccc(Cl)cc2Cl)sc1-c1ccc(Cl)cc1. The van der Waals surface area contributed by atoms with Crippen LogP contribution in [0.5, 0.6) is 0 Å². The highest BCUT2D eigenvalue weighted by Crippen LogP contribution is 2.43. The average Bonchev–Trinajstić information content (AvgIpc) is 2.99. The molecular weight excluding hydrogens is 428 g/mol. The zero-order chi connectivity index (χ0) is 18.9. The van der Waals surface area contributed by atoms with Crippen LogP contribution in [-0.2, 0) is 6.18 Å². The van der Waals surface area contributed by atoms with Crippen molar-refractivity contribution in [1.29, 1.82) is 0 Å². The lowest BCUT2D eigenvalue weighted by Crippen LogP contribution is -2.06. The topological polar surface area (TPSA) is 25.2 Å². The van der Waals surface area contributed by atoms with Gasteiger partial charge < -0.3 is 0 Å². The molecule has 3 rings (SSSR count). The van der Waals surface area contributed by atoms with Gasteiger partial charge in [0.1, 0.15) is 0 Å². The summed E-state index contributed by atoms with van der Waals surface area (Å²) in [4.78, 5) is 7.65. The van der Waals surface area contributed by atoms with Crippen molar-refractivity contribution in [2.24, 2.45) is 4.99 Å². The largest absolute Gasteiger partial charge is 0.434 e. The Hall–Kier alpha value is -1.60. The molecule has 134 valence electrons. The second kappa shape index (κ2) is 7.56. The van der Waals surface area contributed by atoms with E-state index in [0.29, 0.717) is 26.2 Å². The van der Waals surface area contributed by atoms with Gasteiger partial charge in [0.2, 0.25) is 5.13 Å². The van der Waals surface area contributed by atoms with Crippen molar-refractivity contribution < 1.29 is 13.2 Å². The summed E-state index contributed by atoms with van der Waals surface area (Å²) in [6, 6.07) is 10.8. The van der Waals surface area contributed by atoms with Crippen molar-refractivity contribution in [3.05, 3.63) is 68.8 Å². The molecule has 2 aromatic carbocycles. The molecule has 1 heterocycles. The number of alkyl halides is 3. The first-order valence-corrected chi connectivity index (χ1v) is 9.02. The number of thiazole rings is 1. The number of hydrogen-bond acceptors (Lipinski definition) is 3. The van der Waals surface area contributed by atoms with Crippen molar-refractivity contribution in [3.63, 3.8) is 0 Å². The molecule has 0 aliphatic heterocycles. The van der Waals surface area contributed by atoms with Gasteiger partial charge in [-0.3, -0.25) is 0 Å². The zero-order valence-electron chi connectivity index (χ0n) is 12.7. The van der Waals surface area contributed by atoms with Gasteiger partial charge in [-0.15, -0.1) is 0 Å². The molecule has 0 fully saturated rings. The first-order chi connectivity index (χ1) is 12.2. The number of nitrogens with zero attached hydrogens (tertiary/aromatic N) is 2. The molecule has 0 bridgehead atoms. The van der Waals surface area contributed by atoms with E-state index in [2.05, 4.69) is 9.98 Å². The monoisotopic (exact) mass is 434 g/mol. The third kappa shape index (κ3) is 4.38. The maximum Gasteiger partial charge on any atom is 0.434 e. The van der Waals surface area contributed by atoms with Gasteiger partial charge in [-0.2, -0.15) is 13.2 Å². The standard InChI is InChI=1S/C17H8Cl3F3N2S/c18-11-4-1-9(2-5-11)14-15(17(21,22)23)25-16(26-14)24-8-10-3-6-12(19)7-13(10)20/h1-8H. The molecule has 26 heavy (non-hydrogen) atoms. The van der Waals surface area contributed by atoms with E-state index in [1.165, 1.54) is 36.5 Å². The van der Waals surface area contributed by atoms with Crippen LogP contribution in [0.25, 0.3) is 10.4 Å². The molecule has 9 heteroatoms. The Labute approximate surface area is 165 Å². The third-order valence-corrected chi connectivity index (χ3v) is 5.09. The molecule has 0 N–H and O–H groups in total. The quantitative estimate of drug-likeness (QED) is 0.390. The summed E-state index contributed by atoms with van der Waals surface area (Å²) in [6.07, 6.45) is -3.25. The van der Waals surface area contributed by atoms with E-state index in [-0.39, 0.29) is 10.0 Å². The van der Waals surface area contributed by atoms with Crippen LogP contribution in [0, 0.1) is 0 Å². The summed E-state index contributed by atoms with van der Waals surface area (Å²) in [6.45, 7) is 0. The number of benzene rings is 2. The van der Waals surface area contributed by atoms with Gasteiger partial charge in [-0.25, -0.2) is 9.98 Å². The van der Waals surface area contributed by atoms with Crippen LogP contribution in [-0.4, -0.2) is 11.2 Å². The molecule has 0 atom stereocenters. The van der Waals surface area contributed by atoms with E-state index in [1.807, 2.05) is 0 Å². The number of aliphatic imine (C=N–C) groups is 1. The van der Waals surface area contributed by atoms with E-state index >= 15 is 0 Å². The first-order valence-electron chi connectivity index (χ1n) is 7.07. The summed E-state index contributed by atoms with van der Waals surface area (Å²) in [7, 11) is 0. The van der Waals surface area contributed by atoms with Crippen molar-refractivity contribution >= 4 is 57.5 Å². The summed E-state index contributed by atoms with van der Waals surface area (Å²) in [5, 5.41) is 1.19. The molecule has 0 unspecified atom stereocenters. The van der Waals surface area contributed by atoms with Crippen molar-refractivity contribution in [2.75, 3.05) is 0 Å². The minimum atomic E-state index is -4.60. The molecular formula is C17H8Cl3F3N2S. The summed E-state index contributed by atoms with van der Waals surface area (Å²) in [5.74, 6) is 0. The number of aromatic nitrogens is 1. The average molecular weight is 436 g/mol. The maximum atomic E-state index is 13.3. The Morgan fingerprint density at radius 3 is 2.23 bits per heavy atom. The van der Waals surface area contributed by atoms with E-state index in [1.54, 1.807) is 12.1 Å².